The molecule has 0 heterocycles. The minimum absolute atomic E-state index is 0.516. The summed E-state index contributed by atoms with van der Waals surface area (Å²) >= 11 is -0.516. The van der Waals surface area contributed by atoms with E-state index in [4.69, 9.17) is 8.51 Å². The minimum atomic E-state index is -0.516. The van der Waals surface area contributed by atoms with Gasteiger partial charge in [-0.1, -0.05) is 0 Å². The van der Waals surface area contributed by atoms with Crippen LogP contribution in [0.1, 0.15) is 25.7 Å². The Balaban J connectivity index is 2.10. The predicted octanol–water partition coefficient (Wildman–Crippen LogP) is 3.70. The van der Waals surface area contributed by atoms with Crippen LogP contribution in [0.2, 0.25) is 4.13 Å². The Morgan fingerprint density at radius 1 is 1.42 bits per heavy atom. The Kier molecular flexibility index (Phi) is 3.26. The van der Waals surface area contributed by atoms with Crippen LogP contribution in [-0.2, 0) is 22.0 Å². The van der Waals surface area contributed by atoms with Gasteiger partial charge in [-0.2, -0.15) is 0 Å². The second kappa shape index (κ2) is 4.24. The summed E-state index contributed by atoms with van der Waals surface area (Å²) in [5.74, 6) is 0.768. The Morgan fingerprint density at radius 2 is 2.25 bits per heavy atom. The van der Waals surface area contributed by atoms with E-state index in [1.807, 2.05) is 0 Å². The Bertz CT molecular complexity index is 230. The van der Waals surface area contributed by atoms with Crippen LogP contribution in [0.15, 0.2) is 23.3 Å². The fourth-order valence-electron chi connectivity index (χ4n) is 2.19. The van der Waals surface area contributed by atoms with Crippen molar-refractivity contribution in [1.82, 2.24) is 0 Å². The van der Waals surface area contributed by atoms with Crippen molar-refractivity contribution >= 4 is 8.51 Å². The third kappa shape index (κ3) is 1.77. The molecule has 64 valence electrons. The molecule has 1 unspecified atom stereocenters. The van der Waals surface area contributed by atoms with Gasteiger partial charge in [-0.05, 0) is 0 Å². The van der Waals surface area contributed by atoms with Gasteiger partial charge in [-0.25, -0.2) is 0 Å². The van der Waals surface area contributed by atoms with Crippen LogP contribution in [0.3, 0.4) is 0 Å². The monoisotopic (exact) mass is 258 g/mol. The standard InChI is InChI=1S/C10H13.ClH.Zr/c1-8-6-7-9-4-2-3-5-10(8)9;;/h6-8H,1-5H2;1H;/q;;+1/p-1. The molecule has 0 aromatic heterocycles. The normalized spacial score (nSPS) is 27.6. The molecule has 12 heavy (non-hydrogen) atoms. The van der Waals surface area contributed by atoms with E-state index in [1.54, 1.807) is 11.1 Å². The Labute approximate surface area is 89.2 Å². The first-order valence-electron chi connectivity index (χ1n) is 4.65. The van der Waals surface area contributed by atoms with Crippen LogP contribution in [0.5, 0.6) is 0 Å². The van der Waals surface area contributed by atoms with Crippen LogP contribution in [0.25, 0.3) is 0 Å². The predicted molar refractivity (Wildman–Crippen MR) is 48.8 cm³/mol. The van der Waals surface area contributed by atoms with Crippen molar-refractivity contribution in [3.8, 4) is 0 Å². The molecule has 1 atom stereocenters. The van der Waals surface area contributed by atoms with Crippen molar-refractivity contribution in [1.29, 1.82) is 0 Å². The molecule has 0 fully saturated rings. The third-order valence-electron chi connectivity index (χ3n) is 2.83. The van der Waals surface area contributed by atoms with Gasteiger partial charge < -0.3 is 0 Å². The summed E-state index contributed by atoms with van der Waals surface area (Å²) in [4.78, 5) is 0. The topological polar surface area (TPSA) is 0 Å². The number of halogens is 1. The number of rotatable bonds is 2. The Morgan fingerprint density at radius 3 is 3.08 bits per heavy atom. The molecule has 0 bridgehead atoms. The zero-order valence-corrected chi connectivity index (χ0v) is 10.4. The number of allylic oxidation sites excluding steroid dienone is 4. The first-order chi connectivity index (χ1) is 5.92. The van der Waals surface area contributed by atoms with E-state index in [9.17, 15) is 0 Å². The number of hydrogen-bond donors (Lipinski definition) is 0. The molecule has 0 saturated heterocycles. The van der Waals surface area contributed by atoms with Crippen molar-refractivity contribution in [2.24, 2.45) is 5.92 Å². The summed E-state index contributed by atoms with van der Waals surface area (Å²) in [5, 5.41) is 0. The zero-order valence-electron chi connectivity index (χ0n) is 7.15. The fraction of sp³-hybridized carbons (Fsp3) is 0.600. The molecule has 0 aliphatic heterocycles. The van der Waals surface area contributed by atoms with Gasteiger partial charge >= 0.3 is 89.6 Å². The maximum atomic E-state index is 5.93. The van der Waals surface area contributed by atoms with Gasteiger partial charge in [0, 0.05) is 0 Å². The summed E-state index contributed by atoms with van der Waals surface area (Å²) in [6.45, 7) is 0. The fourth-order valence-corrected chi connectivity index (χ4v) is 4.52. The summed E-state index contributed by atoms with van der Waals surface area (Å²) in [7, 11) is 5.93. The molecule has 2 aliphatic carbocycles. The van der Waals surface area contributed by atoms with E-state index in [0.717, 1.165) is 5.92 Å². The van der Waals surface area contributed by atoms with Crippen molar-refractivity contribution in [3.63, 3.8) is 0 Å². The van der Waals surface area contributed by atoms with Gasteiger partial charge in [-0.3, -0.25) is 0 Å². The zero-order chi connectivity index (χ0) is 8.39. The van der Waals surface area contributed by atoms with E-state index >= 15 is 0 Å². The SMILES string of the molecule is [Cl][Zr][CH2]C1C=CC2=C1CCCC2. The summed E-state index contributed by atoms with van der Waals surface area (Å²) in [6, 6.07) is 0. The maximum absolute atomic E-state index is 5.93. The first kappa shape index (κ1) is 9.22. The molecule has 2 rings (SSSR count). The van der Waals surface area contributed by atoms with Crippen molar-refractivity contribution in [2.75, 3.05) is 0 Å². The molecule has 0 spiro atoms. The van der Waals surface area contributed by atoms with Crippen LogP contribution in [-0.4, -0.2) is 0 Å². The van der Waals surface area contributed by atoms with Crippen LogP contribution < -0.4 is 0 Å². The van der Waals surface area contributed by atoms with Gasteiger partial charge in [0.2, 0.25) is 0 Å². The Hall–Kier alpha value is 0.653. The van der Waals surface area contributed by atoms with E-state index in [0.29, 0.717) is 0 Å². The molecular weight excluding hydrogens is 247 g/mol. The molecule has 0 nitrogen and oxygen atoms in total. The van der Waals surface area contributed by atoms with Gasteiger partial charge in [0.05, 0.1) is 0 Å². The molecule has 0 N–H and O–H groups in total. The van der Waals surface area contributed by atoms with E-state index in [1.165, 1.54) is 29.8 Å². The first-order valence-corrected chi connectivity index (χ1v) is 9.56. The van der Waals surface area contributed by atoms with Crippen LogP contribution in [0, 0.1) is 5.92 Å². The van der Waals surface area contributed by atoms with Gasteiger partial charge in [0.25, 0.3) is 0 Å². The van der Waals surface area contributed by atoms with E-state index in [-0.39, 0.29) is 0 Å². The van der Waals surface area contributed by atoms with Crippen LogP contribution in [0.4, 0.5) is 0 Å². The van der Waals surface area contributed by atoms with E-state index in [2.05, 4.69) is 12.2 Å². The third-order valence-corrected chi connectivity index (χ3v) is 5.20. The quantitative estimate of drug-likeness (QED) is 0.710. The van der Waals surface area contributed by atoms with Crippen molar-refractivity contribution < 1.29 is 22.0 Å². The van der Waals surface area contributed by atoms with Crippen molar-refractivity contribution in [3.05, 3.63) is 23.3 Å². The summed E-state index contributed by atoms with van der Waals surface area (Å²) < 4.78 is 1.31. The van der Waals surface area contributed by atoms with Gasteiger partial charge in [0.1, 0.15) is 0 Å². The number of hydrogen-bond acceptors (Lipinski definition) is 0. The molecule has 2 aliphatic rings. The average molecular weight is 260 g/mol. The summed E-state index contributed by atoms with van der Waals surface area (Å²) in [6.07, 6.45) is 10.2. The van der Waals surface area contributed by atoms with Crippen molar-refractivity contribution in [2.45, 2.75) is 29.8 Å². The average Bonchev–Trinajstić information content (AvgIpc) is 2.50. The summed E-state index contributed by atoms with van der Waals surface area (Å²) in [5.41, 5.74) is 3.39. The molecule has 0 saturated carbocycles. The molecule has 2 heteroatoms. The second-order valence-electron chi connectivity index (χ2n) is 3.56. The van der Waals surface area contributed by atoms with Gasteiger partial charge in [-0.15, -0.1) is 0 Å². The van der Waals surface area contributed by atoms with Gasteiger partial charge in [0.15, 0.2) is 0 Å². The molecule has 0 amide bonds. The second-order valence-corrected chi connectivity index (χ2v) is 6.80. The van der Waals surface area contributed by atoms with E-state index < -0.39 is 22.0 Å². The molecule has 0 aromatic rings. The molecule has 0 aromatic carbocycles. The molecular formula is C10H13ClZr. The van der Waals surface area contributed by atoms with Crippen LogP contribution >= 0.6 is 8.51 Å². The molecule has 0 radical (unpaired) electrons.